The van der Waals surface area contributed by atoms with Crippen molar-refractivity contribution in [1.29, 1.82) is 5.26 Å². The van der Waals surface area contributed by atoms with E-state index < -0.39 is 4.92 Å². The smallest absolute Gasteiger partial charge is 0.305 e. The second kappa shape index (κ2) is 6.40. The predicted octanol–water partition coefficient (Wildman–Crippen LogP) is 0.883. The Bertz CT molecular complexity index is 441. The van der Waals surface area contributed by atoms with Crippen LogP contribution in [0.1, 0.15) is 12.6 Å². The van der Waals surface area contributed by atoms with Crippen LogP contribution in [0, 0.1) is 21.4 Å². The van der Waals surface area contributed by atoms with Crippen LogP contribution in [0.2, 0.25) is 0 Å². The molecule has 0 saturated carbocycles. The second-order valence-electron chi connectivity index (χ2n) is 3.21. The first-order valence-corrected chi connectivity index (χ1v) is 5.19. The average molecular weight is 235 g/mol. The Morgan fingerprint density at radius 1 is 1.53 bits per heavy atom. The van der Waals surface area contributed by atoms with E-state index in [1.807, 2.05) is 6.92 Å². The molecular formula is C10H13N5O2. The number of likely N-dealkylation sites (N-methyl/N-ethyl adjacent to an activating group) is 1. The summed E-state index contributed by atoms with van der Waals surface area (Å²) in [6.07, 6.45) is 0. The van der Waals surface area contributed by atoms with Crippen molar-refractivity contribution >= 4 is 11.5 Å². The highest BCUT2D eigenvalue weighted by Gasteiger charge is 2.15. The zero-order valence-electron chi connectivity index (χ0n) is 9.43. The Balaban J connectivity index is 2.70. The number of anilines is 1. The van der Waals surface area contributed by atoms with Crippen molar-refractivity contribution in [3.63, 3.8) is 0 Å². The second-order valence-corrected chi connectivity index (χ2v) is 3.21. The molecule has 7 heteroatoms. The minimum Gasteiger partial charge on any atom is -0.369 e. The summed E-state index contributed by atoms with van der Waals surface area (Å²) in [6, 6.07) is 4.48. The quantitative estimate of drug-likeness (QED) is 0.431. The molecule has 0 unspecified atom stereocenters. The maximum absolute atomic E-state index is 10.6. The molecule has 1 heterocycles. The van der Waals surface area contributed by atoms with Crippen LogP contribution in [-0.2, 0) is 0 Å². The fraction of sp³-hybridized carbons (Fsp3) is 0.400. The van der Waals surface area contributed by atoms with Gasteiger partial charge in [0.1, 0.15) is 11.9 Å². The van der Waals surface area contributed by atoms with E-state index >= 15 is 0 Å². The molecule has 0 aromatic carbocycles. The van der Waals surface area contributed by atoms with Gasteiger partial charge in [-0.25, -0.2) is 4.98 Å². The summed E-state index contributed by atoms with van der Waals surface area (Å²) in [5.41, 5.74) is -0.451. The van der Waals surface area contributed by atoms with Gasteiger partial charge in [0.2, 0.25) is 5.69 Å². The number of nitrogens with zero attached hydrogens (tertiary/aromatic N) is 3. The van der Waals surface area contributed by atoms with Crippen LogP contribution in [0.3, 0.4) is 0 Å². The molecule has 0 amide bonds. The van der Waals surface area contributed by atoms with Crippen molar-refractivity contribution < 1.29 is 4.92 Å². The summed E-state index contributed by atoms with van der Waals surface area (Å²) in [4.78, 5) is 13.8. The van der Waals surface area contributed by atoms with Crippen LogP contribution in [-0.4, -0.2) is 29.5 Å². The number of nitrogens with one attached hydrogen (secondary N) is 2. The lowest BCUT2D eigenvalue weighted by Crippen LogP contribution is -2.22. The third kappa shape index (κ3) is 3.70. The number of nitriles is 1. The lowest BCUT2D eigenvalue weighted by molar-refractivity contribution is -0.385. The molecule has 2 N–H and O–H groups in total. The van der Waals surface area contributed by atoms with Gasteiger partial charge in [0.25, 0.3) is 0 Å². The van der Waals surface area contributed by atoms with Gasteiger partial charge in [0.05, 0.1) is 4.92 Å². The van der Waals surface area contributed by atoms with E-state index in [9.17, 15) is 10.1 Å². The van der Waals surface area contributed by atoms with E-state index in [1.54, 1.807) is 6.07 Å². The van der Waals surface area contributed by atoms with E-state index in [4.69, 9.17) is 5.26 Å². The lowest BCUT2D eigenvalue weighted by Gasteiger charge is -2.05. The molecule has 0 aliphatic carbocycles. The first-order chi connectivity index (χ1) is 8.19. The van der Waals surface area contributed by atoms with Gasteiger partial charge in [-0.15, -0.1) is 0 Å². The van der Waals surface area contributed by atoms with Crippen molar-refractivity contribution in [3.8, 4) is 6.07 Å². The van der Waals surface area contributed by atoms with Crippen molar-refractivity contribution in [2.75, 3.05) is 25.0 Å². The molecule has 0 fully saturated rings. The Kier molecular flexibility index (Phi) is 4.84. The highest BCUT2D eigenvalue weighted by molar-refractivity contribution is 5.50. The van der Waals surface area contributed by atoms with Crippen LogP contribution >= 0.6 is 0 Å². The topological polar surface area (TPSA) is 104 Å². The molecule has 1 aromatic rings. The summed E-state index contributed by atoms with van der Waals surface area (Å²) in [5.74, 6) is 0.463. The van der Waals surface area contributed by atoms with Crippen LogP contribution in [0.15, 0.2) is 12.1 Å². The van der Waals surface area contributed by atoms with Gasteiger partial charge >= 0.3 is 5.69 Å². The molecule has 0 atom stereocenters. The van der Waals surface area contributed by atoms with Gasteiger partial charge in [-0.05, 0) is 12.6 Å². The molecular weight excluding hydrogens is 222 g/mol. The number of rotatable bonds is 6. The van der Waals surface area contributed by atoms with Gasteiger partial charge < -0.3 is 10.6 Å². The summed E-state index contributed by atoms with van der Waals surface area (Å²) in [5, 5.41) is 25.4. The molecule has 90 valence electrons. The SMILES string of the molecule is CCNCCNc1ccc([N+](=O)[O-])c(C#N)n1. The van der Waals surface area contributed by atoms with Crippen LogP contribution in [0.4, 0.5) is 11.5 Å². The Hall–Kier alpha value is -2.20. The van der Waals surface area contributed by atoms with E-state index in [1.165, 1.54) is 12.1 Å². The third-order valence-corrected chi connectivity index (χ3v) is 2.03. The summed E-state index contributed by atoms with van der Waals surface area (Å²) in [7, 11) is 0. The standard InChI is InChI=1S/C10H13N5O2/c1-2-12-5-6-13-10-4-3-9(15(16)17)8(7-11)14-10/h3-4,12H,2,5-6H2,1H3,(H,13,14). The highest BCUT2D eigenvalue weighted by atomic mass is 16.6. The Morgan fingerprint density at radius 3 is 2.88 bits per heavy atom. The molecule has 0 radical (unpaired) electrons. The lowest BCUT2D eigenvalue weighted by atomic mass is 10.3. The number of hydrogen-bond donors (Lipinski definition) is 2. The zero-order chi connectivity index (χ0) is 12.7. The van der Waals surface area contributed by atoms with E-state index in [0.29, 0.717) is 12.4 Å². The average Bonchev–Trinajstić information content (AvgIpc) is 2.34. The molecule has 0 spiro atoms. The van der Waals surface area contributed by atoms with E-state index in [2.05, 4.69) is 15.6 Å². The molecule has 7 nitrogen and oxygen atoms in total. The molecule has 17 heavy (non-hydrogen) atoms. The monoisotopic (exact) mass is 235 g/mol. The first-order valence-electron chi connectivity index (χ1n) is 5.19. The fourth-order valence-corrected chi connectivity index (χ4v) is 1.24. The van der Waals surface area contributed by atoms with Crippen molar-refractivity contribution in [3.05, 3.63) is 27.9 Å². The summed E-state index contributed by atoms with van der Waals surface area (Å²) in [6.45, 7) is 4.28. The minimum atomic E-state index is -0.617. The molecule has 1 aromatic heterocycles. The normalized spacial score (nSPS) is 9.65. The molecule has 1 rings (SSSR count). The zero-order valence-corrected chi connectivity index (χ0v) is 9.43. The van der Waals surface area contributed by atoms with Gasteiger partial charge in [-0.3, -0.25) is 10.1 Å². The Labute approximate surface area is 98.6 Å². The molecule has 0 saturated heterocycles. The minimum absolute atomic E-state index is 0.177. The van der Waals surface area contributed by atoms with Crippen molar-refractivity contribution in [2.45, 2.75) is 6.92 Å². The van der Waals surface area contributed by atoms with Gasteiger partial charge in [0, 0.05) is 19.2 Å². The van der Waals surface area contributed by atoms with Gasteiger partial charge in [-0.1, -0.05) is 6.92 Å². The number of hydrogen-bond acceptors (Lipinski definition) is 6. The predicted molar refractivity (Wildman–Crippen MR) is 62.6 cm³/mol. The first kappa shape index (κ1) is 12.9. The number of aromatic nitrogens is 1. The number of pyridine rings is 1. The van der Waals surface area contributed by atoms with Crippen molar-refractivity contribution in [1.82, 2.24) is 10.3 Å². The molecule has 0 aliphatic rings. The van der Waals surface area contributed by atoms with Crippen LogP contribution in [0.5, 0.6) is 0 Å². The molecule has 0 aliphatic heterocycles. The number of nitro groups is 1. The Morgan fingerprint density at radius 2 is 2.29 bits per heavy atom. The summed E-state index contributed by atoms with van der Waals surface area (Å²) >= 11 is 0. The van der Waals surface area contributed by atoms with Crippen molar-refractivity contribution in [2.24, 2.45) is 0 Å². The third-order valence-electron chi connectivity index (χ3n) is 2.03. The highest BCUT2D eigenvalue weighted by Crippen LogP contribution is 2.17. The largest absolute Gasteiger partial charge is 0.369 e. The van der Waals surface area contributed by atoms with E-state index in [0.717, 1.165) is 13.1 Å². The summed E-state index contributed by atoms with van der Waals surface area (Å²) < 4.78 is 0. The van der Waals surface area contributed by atoms with Crippen LogP contribution < -0.4 is 10.6 Å². The van der Waals surface area contributed by atoms with E-state index in [-0.39, 0.29) is 11.4 Å². The fourth-order valence-electron chi connectivity index (χ4n) is 1.24. The maximum Gasteiger partial charge on any atom is 0.305 e. The molecule has 0 bridgehead atoms. The van der Waals surface area contributed by atoms with Crippen LogP contribution in [0.25, 0.3) is 0 Å². The van der Waals surface area contributed by atoms with Gasteiger partial charge in [-0.2, -0.15) is 5.26 Å². The maximum atomic E-state index is 10.6. The van der Waals surface area contributed by atoms with Gasteiger partial charge in [0.15, 0.2) is 0 Å².